The Kier molecular flexibility index (Phi) is 5.63. The summed E-state index contributed by atoms with van der Waals surface area (Å²) < 4.78 is 0. The Morgan fingerprint density at radius 3 is 2.13 bits per heavy atom. The Hall–Kier alpha value is -2.95. The SMILES string of the molecule is CC(C)NC(=O)C(=O)N/N=C\c1ccc(-c2ccccc2)cc1. The first-order valence-corrected chi connectivity index (χ1v) is 7.35. The van der Waals surface area contributed by atoms with Crippen LogP contribution in [0, 0.1) is 0 Å². The van der Waals surface area contributed by atoms with Crippen LogP contribution in [0.15, 0.2) is 59.7 Å². The Morgan fingerprint density at radius 1 is 0.913 bits per heavy atom. The van der Waals surface area contributed by atoms with Crippen LogP contribution < -0.4 is 10.7 Å². The normalized spacial score (nSPS) is 10.7. The first kappa shape index (κ1) is 16.4. The van der Waals surface area contributed by atoms with Crippen molar-refractivity contribution in [3.63, 3.8) is 0 Å². The van der Waals surface area contributed by atoms with Crippen LogP contribution in [0.5, 0.6) is 0 Å². The zero-order valence-electron chi connectivity index (χ0n) is 13.1. The zero-order chi connectivity index (χ0) is 16.7. The number of hydrogen-bond donors (Lipinski definition) is 2. The lowest BCUT2D eigenvalue weighted by molar-refractivity contribution is -0.139. The molecule has 0 fully saturated rings. The predicted octanol–water partition coefficient (Wildman–Crippen LogP) is 2.33. The minimum atomic E-state index is -0.782. The molecule has 0 saturated carbocycles. The summed E-state index contributed by atoms with van der Waals surface area (Å²) in [5.74, 6) is -1.48. The molecule has 0 saturated heterocycles. The lowest BCUT2D eigenvalue weighted by Crippen LogP contribution is -2.41. The second-order valence-electron chi connectivity index (χ2n) is 5.32. The number of nitrogens with zero attached hydrogens (tertiary/aromatic N) is 1. The van der Waals surface area contributed by atoms with E-state index in [1.165, 1.54) is 6.21 Å². The molecule has 0 bridgehead atoms. The van der Waals surface area contributed by atoms with E-state index >= 15 is 0 Å². The number of carbonyl (C=O) groups is 2. The van der Waals surface area contributed by atoms with Gasteiger partial charge in [0.1, 0.15) is 0 Å². The average Bonchev–Trinajstić information content (AvgIpc) is 2.55. The van der Waals surface area contributed by atoms with Crippen molar-refractivity contribution >= 4 is 18.0 Å². The first-order chi connectivity index (χ1) is 11.1. The molecule has 0 heterocycles. The smallest absolute Gasteiger partial charge is 0.329 e. The van der Waals surface area contributed by atoms with Crippen molar-refractivity contribution in [2.75, 3.05) is 0 Å². The monoisotopic (exact) mass is 309 g/mol. The van der Waals surface area contributed by atoms with E-state index in [1.807, 2.05) is 54.6 Å². The van der Waals surface area contributed by atoms with Gasteiger partial charge >= 0.3 is 11.8 Å². The molecule has 0 aliphatic carbocycles. The Labute approximate surface area is 135 Å². The number of rotatable bonds is 4. The third-order valence-corrected chi connectivity index (χ3v) is 3.02. The third kappa shape index (κ3) is 5.07. The molecule has 0 aromatic heterocycles. The molecule has 5 nitrogen and oxygen atoms in total. The van der Waals surface area contributed by atoms with Gasteiger partial charge in [-0.25, -0.2) is 5.43 Å². The van der Waals surface area contributed by atoms with Crippen molar-refractivity contribution in [3.8, 4) is 11.1 Å². The number of hydrazone groups is 1. The maximum Gasteiger partial charge on any atom is 0.329 e. The van der Waals surface area contributed by atoms with Gasteiger partial charge in [-0.15, -0.1) is 0 Å². The average molecular weight is 309 g/mol. The van der Waals surface area contributed by atoms with Crippen molar-refractivity contribution in [3.05, 3.63) is 60.2 Å². The molecular weight excluding hydrogens is 290 g/mol. The molecule has 5 heteroatoms. The van der Waals surface area contributed by atoms with E-state index in [0.717, 1.165) is 16.7 Å². The van der Waals surface area contributed by atoms with Crippen molar-refractivity contribution < 1.29 is 9.59 Å². The van der Waals surface area contributed by atoms with Crippen LogP contribution in [0.25, 0.3) is 11.1 Å². The summed E-state index contributed by atoms with van der Waals surface area (Å²) in [6.07, 6.45) is 1.50. The molecule has 0 unspecified atom stereocenters. The van der Waals surface area contributed by atoms with E-state index in [0.29, 0.717) is 0 Å². The standard InChI is InChI=1S/C18H19N3O2/c1-13(2)20-17(22)18(23)21-19-12-14-8-10-16(11-9-14)15-6-4-3-5-7-15/h3-13H,1-2H3,(H,20,22)(H,21,23)/b19-12-. The van der Waals surface area contributed by atoms with E-state index < -0.39 is 11.8 Å². The van der Waals surface area contributed by atoms with Gasteiger partial charge in [0, 0.05) is 6.04 Å². The summed E-state index contributed by atoms with van der Waals surface area (Å²) in [6, 6.07) is 17.7. The quantitative estimate of drug-likeness (QED) is 0.517. The minimum Gasteiger partial charge on any atom is -0.346 e. The van der Waals surface area contributed by atoms with Crippen LogP contribution in [-0.4, -0.2) is 24.1 Å². The second kappa shape index (κ2) is 7.89. The van der Waals surface area contributed by atoms with Gasteiger partial charge in [0.2, 0.25) is 0 Å². The van der Waals surface area contributed by atoms with Crippen LogP contribution in [0.1, 0.15) is 19.4 Å². The fourth-order valence-corrected chi connectivity index (χ4v) is 1.94. The first-order valence-electron chi connectivity index (χ1n) is 7.35. The molecule has 0 spiro atoms. The van der Waals surface area contributed by atoms with Crippen molar-refractivity contribution in [2.45, 2.75) is 19.9 Å². The van der Waals surface area contributed by atoms with Crippen LogP contribution in [0.3, 0.4) is 0 Å². The van der Waals surface area contributed by atoms with E-state index in [-0.39, 0.29) is 6.04 Å². The zero-order valence-corrected chi connectivity index (χ0v) is 13.1. The summed E-state index contributed by atoms with van der Waals surface area (Å²) >= 11 is 0. The Balaban J connectivity index is 1.93. The van der Waals surface area contributed by atoms with Crippen LogP contribution in [0.4, 0.5) is 0 Å². The molecule has 0 atom stereocenters. The molecule has 0 aliphatic heterocycles. The van der Waals surface area contributed by atoms with Crippen molar-refractivity contribution in [1.29, 1.82) is 0 Å². The highest BCUT2D eigenvalue weighted by Gasteiger charge is 2.12. The van der Waals surface area contributed by atoms with Gasteiger partial charge in [0.15, 0.2) is 0 Å². The predicted molar refractivity (Wildman–Crippen MR) is 90.9 cm³/mol. The molecule has 2 amide bonds. The number of nitrogens with one attached hydrogen (secondary N) is 2. The van der Waals surface area contributed by atoms with Gasteiger partial charge in [0.25, 0.3) is 0 Å². The Bertz CT molecular complexity index is 692. The molecular formula is C18H19N3O2. The highest BCUT2D eigenvalue weighted by atomic mass is 16.2. The van der Waals surface area contributed by atoms with Gasteiger partial charge in [-0.1, -0.05) is 54.6 Å². The third-order valence-electron chi connectivity index (χ3n) is 3.02. The molecule has 0 radical (unpaired) electrons. The van der Waals surface area contributed by atoms with Crippen LogP contribution >= 0.6 is 0 Å². The number of amides is 2. The van der Waals surface area contributed by atoms with Gasteiger partial charge in [-0.2, -0.15) is 5.10 Å². The molecule has 2 rings (SSSR count). The summed E-state index contributed by atoms with van der Waals surface area (Å²) in [7, 11) is 0. The summed E-state index contributed by atoms with van der Waals surface area (Å²) in [6.45, 7) is 3.56. The molecule has 118 valence electrons. The van der Waals surface area contributed by atoms with E-state index in [2.05, 4.69) is 15.8 Å². The molecule has 2 N–H and O–H groups in total. The van der Waals surface area contributed by atoms with Gasteiger partial charge < -0.3 is 5.32 Å². The largest absolute Gasteiger partial charge is 0.346 e. The molecule has 2 aromatic rings. The number of carbonyl (C=O) groups excluding carboxylic acids is 2. The Morgan fingerprint density at radius 2 is 1.52 bits per heavy atom. The fraction of sp³-hybridized carbons (Fsp3) is 0.167. The van der Waals surface area contributed by atoms with Crippen molar-refractivity contribution in [1.82, 2.24) is 10.7 Å². The lowest BCUT2D eigenvalue weighted by Gasteiger charge is -2.06. The maximum absolute atomic E-state index is 11.5. The minimum absolute atomic E-state index is 0.0947. The highest BCUT2D eigenvalue weighted by molar-refractivity contribution is 6.35. The number of hydrogen-bond acceptors (Lipinski definition) is 3. The second-order valence-corrected chi connectivity index (χ2v) is 5.32. The van der Waals surface area contributed by atoms with Crippen molar-refractivity contribution in [2.24, 2.45) is 5.10 Å². The molecule has 23 heavy (non-hydrogen) atoms. The van der Waals surface area contributed by atoms with E-state index in [4.69, 9.17) is 0 Å². The van der Waals surface area contributed by atoms with Gasteiger partial charge in [0.05, 0.1) is 6.21 Å². The number of benzene rings is 2. The van der Waals surface area contributed by atoms with Gasteiger partial charge in [-0.3, -0.25) is 9.59 Å². The lowest BCUT2D eigenvalue weighted by atomic mass is 10.0. The summed E-state index contributed by atoms with van der Waals surface area (Å²) in [5.41, 5.74) is 5.26. The topological polar surface area (TPSA) is 70.6 Å². The van der Waals surface area contributed by atoms with E-state index in [1.54, 1.807) is 13.8 Å². The summed E-state index contributed by atoms with van der Waals surface area (Å²) in [5, 5.41) is 6.28. The fourth-order valence-electron chi connectivity index (χ4n) is 1.94. The molecule has 0 aliphatic rings. The van der Waals surface area contributed by atoms with Crippen LogP contribution in [-0.2, 0) is 9.59 Å². The highest BCUT2D eigenvalue weighted by Crippen LogP contribution is 2.18. The van der Waals surface area contributed by atoms with Gasteiger partial charge in [-0.05, 0) is 30.5 Å². The van der Waals surface area contributed by atoms with Crippen LogP contribution in [0.2, 0.25) is 0 Å². The summed E-state index contributed by atoms with van der Waals surface area (Å²) in [4.78, 5) is 22.9. The maximum atomic E-state index is 11.5. The molecule has 2 aromatic carbocycles. The van der Waals surface area contributed by atoms with E-state index in [9.17, 15) is 9.59 Å².